The lowest BCUT2D eigenvalue weighted by Gasteiger charge is -2.19. The molecule has 5 nitrogen and oxygen atoms in total. The number of anilines is 1. The number of fused-ring (bicyclic) bond motifs is 1. The minimum atomic E-state index is 0.447. The maximum atomic E-state index is 4.67. The second-order valence-electron chi connectivity index (χ2n) is 4.91. The van der Waals surface area contributed by atoms with Gasteiger partial charge in [-0.2, -0.15) is 5.10 Å². The third kappa shape index (κ3) is 1.95. The fourth-order valence-corrected chi connectivity index (χ4v) is 2.21. The summed E-state index contributed by atoms with van der Waals surface area (Å²) in [6, 6.07) is 2.14. The molecule has 0 spiro atoms. The molecular formula is C13H21N5. The van der Waals surface area contributed by atoms with E-state index in [2.05, 4.69) is 35.4 Å². The SMILES string of the molecule is CNN(C)c1cc(C(C)C)c2c(C)nn(C)c2n1. The van der Waals surface area contributed by atoms with Crippen molar-refractivity contribution in [1.29, 1.82) is 0 Å². The second-order valence-corrected chi connectivity index (χ2v) is 4.91. The van der Waals surface area contributed by atoms with Gasteiger partial charge in [-0.1, -0.05) is 13.8 Å². The number of hydrogen-bond acceptors (Lipinski definition) is 4. The molecule has 0 atom stereocenters. The van der Waals surface area contributed by atoms with Crippen molar-refractivity contribution in [3.63, 3.8) is 0 Å². The highest BCUT2D eigenvalue weighted by molar-refractivity contribution is 5.84. The maximum absolute atomic E-state index is 4.67. The molecule has 0 aliphatic heterocycles. The zero-order chi connectivity index (χ0) is 13.4. The van der Waals surface area contributed by atoms with Crippen molar-refractivity contribution < 1.29 is 0 Å². The molecule has 0 radical (unpaired) electrons. The Bertz CT molecular complexity index is 570. The average molecular weight is 247 g/mol. The molecule has 0 aromatic carbocycles. The molecular weight excluding hydrogens is 226 g/mol. The van der Waals surface area contributed by atoms with Crippen LogP contribution in [0.15, 0.2) is 6.07 Å². The number of hydrogen-bond donors (Lipinski definition) is 1. The Balaban J connectivity index is 2.77. The molecule has 0 saturated heterocycles. The van der Waals surface area contributed by atoms with Crippen molar-refractivity contribution in [2.45, 2.75) is 26.7 Å². The van der Waals surface area contributed by atoms with Crippen molar-refractivity contribution in [3.05, 3.63) is 17.3 Å². The molecule has 0 unspecified atom stereocenters. The number of aryl methyl sites for hydroxylation is 2. The fraction of sp³-hybridized carbons (Fsp3) is 0.538. The zero-order valence-electron chi connectivity index (χ0n) is 11.9. The van der Waals surface area contributed by atoms with Crippen LogP contribution in [0.1, 0.15) is 31.0 Å². The van der Waals surface area contributed by atoms with Crippen LogP contribution in [0.5, 0.6) is 0 Å². The van der Waals surface area contributed by atoms with Crippen LogP contribution < -0.4 is 10.4 Å². The predicted octanol–water partition coefficient (Wildman–Crippen LogP) is 1.97. The Morgan fingerprint density at radius 2 is 2.06 bits per heavy atom. The van der Waals surface area contributed by atoms with E-state index < -0.39 is 0 Å². The smallest absolute Gasteiger partial charge is 0.160 e. The molecule has 0 amide bonds. The third-order valence-corrected chi connectivity index (χ3v) is 3.29. The number of rotatable bonds is 3. The number of hydrazine groups is 1. The molecule has 2 aromatic heterocycles. The van der Waals surface area contributed by atoms with Gasteiger partial charge in [0.1, 0.15) is 5.82 Å². The Hall–Kier alpha value is -1.62. The number of aromatic nitrogens is 3. The standard InChI is InChI=1S/C13H21N5/c1-8(2)10-7-11(17(5)14-4)15-13-12(10)9(3)16-18(13)6/h7-8,14H,1-6H3. The highest BCUT2D eigenvalue weighted by Gasteiger charge is 2.16. The minimum absolute atomic E-state index is 0.447. The van der Waals surface area contributed by atoms with E-state index in [-0.39, 0.29) is 0 Å². The van der Waals surface area contributed by atoms with Crippen LogP contribution in [0, 0.1) is 6.92 Å². The summed E-state index contributed by atoms with van der Waals surface area (Å²) in [7, 11) is 5.78. The van der Waals surface area contributed by atoms with Crippen LogP contribution >= 0.6 is 0 Å². The highest BCUT2D eigenvalue weighted by Crippen LogP contribution is 2.29. The fourth-order valence-electron chi connectivity index (χ4n) is 2.21. The van der Waals surface area contributed by atoms with Crippen LogP contribution in [-0.2, 0) is 7.05 Å². The summed E-state index contributed by atoms with van der Waals surface area (Å²) >= 11 is 0. The van der Waals surface area contributed by atoms with E-state index >= 15 is 0 Å². The van der Waals surface area contributed by atoms with Crippen LogP contribution in [0.25, 0.3) is 11.0 Å². The van der Waals surface area contributed by atoms with Gasteiger partial charge in [0.15, 0.2) is 5.65 Å². The van der Waals surface area contributed by atoms with Crippen LogP contribution in [-0.4, -0.2) is 28.9 Å². The first-order chi connectivity index (χ1) is 8.45. The van der Waals surface area contributed by atoms with Crippen LogP contribution in [0.2, 0.25) is 0 Å². The topological polar surface area (TPSA) is 46.0 Å². The molecule has 0 saturated carbocycles. The van der Waals surface area contributed by atoms with Crippen molar-refractivity contribution in [3.8, 4) is 0 Å². The summed E-state index contributed by atoms with van der Waals surface area (Å²) in [5.41, 5.74) is 6.36. The van der Waals surface area contributed by atoms with Crippen molar-refractivity contribution in [1.82, 2.24) is 20.2 Å². The minimum Gasteiger partial charge on any atom is -0.296 e. The molecule has 0 bridgehead atoms. The second kappa shape index (κ2) is 4.57. The number of nitrogens with zero attached hydrogens (tertiary/aromatic N) is 4. The first-order valence-corrected chi connectivity index (χ1v) is 6.21. The Morgan fingerprint density at radius 3 is 2.61 bits per heavy atom. The summed E-state index contributed by atoms with van der Waals surface area (Å²) in [6.45, 7) is 6.44. The molecule has 2 rings (SSSR count). The molecule has 0 fully saturated rings. The summed E-state index contributed by atoms with van der Waals surface area (Å²) in [6.07, 6.45) is 0. The van der Waals surface area contributed by atoms with Gasteiger partial charge in [-0.15, -0.1) is 0 Å². The van der Waals surface area contributed by atoms with Crippen molar-refractivity contribution in [2.75, 3.05) is 19.1 Å². The van der Waals surface area contributed by atoms with E-state index in [1.807, 2.05) is 37.8 Å². The first kappa shape index (κ1) is 12.8. The van der Waals surface area contributed by atoms with Crippen molar-refractivity contribution in [2.24, 2.45) is 7.05 Å². The van der Waals surface area contributed by atoms with Gasteiger partial charge < -0.3 is 0 Å². The lowest BCUT2D eigenvalue weighted by molar-refractivity contribution is 0.756. The number of nitrogens with one attached hydrogen (secondary N) is 1. The molecule has 2 heterocycles. The van der Waals surface area contributed by atoms with E-state index in [4.69, 9.17) is 0 Å². The van der Waals surface area contributed by atoms with Gasteiger partial charge in [-0.25, -0.2) is 10.4 Å². The maximum Gasteiger partial charge on any atom is 0.160 e. The average Bonchev–Trinajstić information content (AvgIpc) is 2.63. The largest absolute Gasteiger partial charge is 0.296 e. The Labute approximate surface area is 108 Å². The molecule has 1 N–H and O–H groups in total. The zero-order valence-corrected chi connectivity index (χ0v) is 11.9. The summed E-state index contributed by atoms with van der Waals surface area (Å²) < 4.78 is 1.85. The summed E-state index contributed by atoms with van der Waals surface area (Å²) in [5.74, 6) is 1.36. The molecule has 98 valence electrons. The monoisotopic (exact) mass is 247 g/mol. The summed E-state index contributed by atoms with van der Waals surface area (Å²) in [5, 5.41) is 7.57. The lowest BCUT2D eigenvalue weighted by atomic mass is 10.00. The van der Waals surface area contributed by atoms with Crippen LogP contribution in [0.3, 0.4) is 0 Å². The van der Waals surface area contributed by atoms with Gasteiger partial charge in [-0.3, -0.25) is 9.69 Å². The Kier molecular flexibility index (Phi) is 3.26. The molecule has 0 aliphatic rings. The highest BCUT2D eigenvalue weighted by atomic mass is 15.5. The van der Waals surface area contributed by atoms with Gasteiger partial charge in [0.25, 0.3) is 0 Å². The van der Waals surface area contributed by atoms with Gasteiger partial charge in [0.2, 0.25) is 0 Å². The van der Waals surface area contributed by atoms with E-state index in [9.17, 15) is 0 Å². The third-order valence-electron chi connectivity index (χ3n) is 3.29. The quantitative estimate of drug-likeness (QED) is 0.842. The van der Waals surface area contributed by atoms with E-state index in [0.29, 0.717) is 5.92 Å². The number of pyridine rings is 1. The van der Waals surface area contributed by atoms with Crippen LogP contribution in [0.4, 0.5) is 5.82 Å². The van der Waals surface area contributed by atoms with Crippen molar-refractivity contribution >= 4 is 16.9 Å². The first-order valence-electron chi connectivity index (χ1n) is 6.21. The molecule has 0 aliphatic carbocycles. The molecule has 2 aromatic rings. The van der Waals surface area contributed by atoms with E-state index in [1.165, 1.54) is 10.9 Å². The van der Waals surface area contributed by atoms with E-state index in [1.54, 1.807) is 0 Å². The van der Waals surface area contributed by atoms with Gasteiger partial charge in [0.05, 0.1) is 5.69 Å². The van der Waals surface area contributed by atoms with E-state index in [0.717, 1.165) is 17.2 Å². The normalized spacial score (nSPS) is 11.5. The Morgan fingerprint density at radius 1 is 1.39 bits per heavy atom. The molecule has 5 heteroatoms. The molecule has 18 heavy (non-hydrogen) atoms. The van der Waals surface area contributed by atoms with Gasteiger partial charge in [-0.05, 0) is 24.5 Å². The lowest BCUT2D eigenvalue weighted by Crippen LogP contribution is -2.31. The predicted molar refractivity (Wildman–Crippen MR) is 74.8 cm³/mol. The summed E-state index contributed by atoms with van der Waals surface area (Å²) in [4.78, 5) is 4.67. The van der Waals surface area contributed by atoms with Gasteiger partial charge >= 0.3 is 0 Å². The van der Waals surface area contributed by atoms with Gasteiger partial charge in [0, 0.05) is 26.5 Å².